The molecule has 20 heavy (non-hydrogen) atoms. The minimum Gasteiger partial charge on any atom is -0.465 e. The summed E-state index contributed by atoms with van der Waals surface area (Å²) in [4.78, 5) is 11.3. The Morgan fingerprint density at radius 2 is 2.30 bits per heavy atom. The number of hydrogen-bond donors (Lipinski definition) is 1. The number of nitrogens with one attached hydrogen (secondary N) is 1. The molecule has 1 saturated carbocycles. The predicted octanol–water partition coefficient (Wildman–Crippen LogP) is 2.99. The molecule has 0 amide bonds. The highest BCUT2D eigenvalue weighted by Crippen LogP contribution is 2.28. The van der Waals surface area contributed by atoms with Crippen molar-refractivity contribution in [2.24, 2.45) is 0 Å². The van der Waals surface area contributed by atoms with Crippen molar-refractivity contribution in [2.45, 2.75) is 37.1 Å². The Morgan fingerprint density at radius 3 is 2.90 bits per heavy atom. The van der Waals surface area contributed by atoms with Crippen LogP contribution in [0.3, 0.4) is 0 Å². The van der Waals surface area contributed by atoms with E-state index in [1.807, 2.05) is 11.8 Å². The van der Waals surface area contributed by atoms with Gasteiger partial charge in [0.15, 0.2) is 0 Å². The van der Waals surface area contributed by atoms with Crippen molar-refractivity contribution in [3.63, 3.8) is 0 Å². The van der Waals surface area contributed by atoms with Crippen LogP contribution in [0.25, 0.3) is 0 Å². The van der Waals surface area contributed by atoms with Crippen LogP contribution >= 0.6 is 11.8 Å². The van der Waals surface area contributed by atoms with Crippen molar-refractivity contribution in [1.29, 1.82) is 0 Å². The number of esters is 1. The molecule has 0 saturated heterocycles. The third-order valence-electron chi connectivity index (χ3n) is 3.75. The van der Waals surface area contributed by atoms with Crippen LogP contribution in [0.2, 0.25) is 0 Å². The molecule has 3 nitrogen and oxygen atoms in total. The smallest absolute Gasteiger partial charge is 0.340 e. The van der Waals surface area contributed by atoms with Gasteiger partial charge < -0.3 is 10.1 Å². The second-order valence-corrected chi connectivity index (χ2v) is 6.19. The number of halogens is 1. The maximum atomic E-state index is 13.8. The van der Waals surface area contributed by atoms with Gasteiger partial charge >= 0.3 is 5.97 Å². The Balaban J connectivity index is 1.91. The summed E-state index contributed by atoms with van der Waals surface area (Å²) in [5.74, 6) is -1.16. The normalized spacial score (nSPS) is 21.9. The maximum Gasteiger partial charge on any atom is 0.340 e. The molecule has 110 valence electrons. The van der Waals surface area contributed by atoms with Gasteiger partial charge in [-0.15, -0.1) is 0 Å². The van der Waals surface area contributed by atoms with Crippen molar-refractivity contribution in [3.05, 3.63) is 35.1 Å². The standard InChI is InChI=1S/C15H20FNO2S/c1-19-15(18)13-6-3-10(7-14(13)16)9-17-11-4-5-12(8-11)20-2/h3,6-7,11-12,17H,4-5,8-9H2,1-2H3. The highest BCUT2D eigenvalue weighted by atomic mass is 32.2. The fourth-order valence-electron chi connectivity index (χ4n) is 2.55. The third-order valence-corrected chi connectivity index (χ3v) is 4.85. The van der Waals surface area contributed by atoms with Crippen LogP contribution in [-0.2, 0) is 11.3 Å². The minimum absolute atomic E-state index is 0.0143. The first-order valence-corrected chi connectivity index (χ1v) is 8.05. The van der Waals surface area contributed by atoms with Crippen molar-refractivity contribution in [3.8, 4) is 0 Å². The first kappa shape index (κ1) is 15.3. The first-order chi connectivity index (χ1) is 9.63. The Kier molecular flexibility index (Phi) is 5.43. The summed E-state index contributed by atoms with van der Waals surface area (Å²) in [5, 5.41) is 4.20. The van der Waals surface area contributed by atoms with E-state index in [-0.39, 0.29) is 5.56 Å². The van der Waals surface area contributed by atoms with Crippen molar-refractivity contribution in [1.82, 2.24) is 5.32 Å². The first-order valence-electron chi connectivity index (χ1n) is 6.77. The van der Waals surface area contributed by atoms with Crippen LogP contribution in [0.5, 0.6) is 0 Å². The van der Waals surface area contributed by atoms with Gasteiger partial charge in [0.05, 0.1) is 12.7 Å². The molecule has 1 aliphatic rings. The molecule has 1 aromatic rings. The highest BCUT2D eigenvalue weighted by Gasteiger charge is 2.23. The summed E-state index contributed by atoms with van der Waals surface area (Å²) >= 11 is 1.92. The lowest BCUT2D eigenvalue weighted by Gasteiger charge is -2.13. The number of rotatable bonds is 5. The largest absolute Gasteiger partial charge is 0.465 e. The van der Waals surface area contributed by atoms with Crippen LogP contribution in [0.15, 0.2) is 18.2 Å². The molecule has 2 unspecified atom stereocenters. The number of methoxy groups -OCH3 is 1. The second-order valence-electron chi connectivity index (χ2n) is 5.05. The van der Waals surface area contributed by atoms with Gasteiger partial charge in [-0.2, -0.15) is 11.8 Å². The monoisotopic (exact) mass is 297 g/mol. The lowest BCUT2D eigenvalue weighted by molar-refractivity contribution is 0.0595. The summed E-state index contributed by atoms with van der Waals surface area (Å²) in [6, 6.07) is 5.16. The molecule has 1 fully saturated rings. The van der Waals surface area contributed by atoms with Crippen molar-refractivity contribution >= 4 is 17.7 Å². The molecule has 0 spiro atoms. The van der Waals surface area contributed by atoms with Crippen LogP contribution < -0.4 is 5.32 Å². The van der Waals surface area contributed by atoms with Gasteiger partial charge in [0.2, 0.25) is 0 Å². The van der Waals surface area contributed by atoms with E-state index in [1.165, 1.54) is 38.5 Å². The number of carbonyl (C=O) groups excluding carboxylic acids is 1. The zero-order valence-corrected chi connectivity index (χ0v) is 12.6. The molecule has 0 heterocycles. The second kappa shape index (κ2) is 7.09. The van der Waals surface area contributed by atoms with Crippen LogP contribution in [0, 0.1) is 5.82 Å². The Morgan fingerprint density at radius 1 is 1.50 bits per heavy atom. The van der Waals surface area contributed by atoms with Gasteiger partial charge in [-0.1, -0.05) is 6.07 Å². The van der Waals surface area contributed by atoms with Crippen LogP contribution in [0.1, 0.15) is 35.2 Å². The Bertz CT molecular complexity index is 481. The number of hydrogen-bond acceptors (Lipinski definition) is 4. The van der Waals surface area contributed by atoms with E-state index in [0.717, 1.165) is 10.8 Å². The van der Waals surface area contributed by atoms with Gasteiger partial charge in [-0.25, -0.2) is 9.18 Å². The van der Waals surface area contributed by atoms with E-state index in [1.54, 1.807) is 6.07 Å². The van der Waals surface area contributed by atoms with E-state index in [9.17, 15) is 9.18 Å². The third kappa shape index (κ3) is 3.73. The van der Waals surface area contributed by atoms with Crippen LogP contribution in [-0.4, -0.2) is 30.6 Å². The zero-order valence-electron chi connectivity index (χ0n) is 11.8. The molecule has 0 aliphatic heterocycles. The van der Waals surface area contributed by atoms with E-state index in [4.69, 9.17) is 0 Å². The van der Waals surface area contributed by atoms with Gasteiger partial charge in [0, 0.05) is 17.8 Å². The number of carbonyl (C=O) groups is 1. The average molecular weight is 297 g/mol. The molecule has 0 bridgehead atoms. The molecular formula is C15H20FNO2S. The van der Waals surface area contributed by atoms with Crippen LogP contribution in [0.4, 0.5) is 4.39 Å². The van der Waals surface area contributed by atoms with E-state index in [2.05, 4.69) is 16.3 Å². The fraction of sp³-hybridized carbons (Fsp3) is 0.533. The quantitative estimate of drug-likeness (QED) is 0.848. The molecule has 1 aromatic carbocycles. The Labute approximate surface area is 123 Å². The average Bonchev–Trinajstić information content (AvgIpc) is 2.92. The van der Waals surface area contributed by atoms with E-state index < -0.39 is 11.8 Å². The molecule has 1 aliphatic carbocycles. The van der Waals surface area contributed by atoms with Gasteiger partial charge in [0.1, 0.15) is 5.82 Å². The maximum absolute atomic E-state index is 13.8. The lowest BCUT2D eigenvalue weighted by Crippen LogP contribution is -2.26. The highest BCUT2D eigenvalue weighted by molar-refractivity contribution is 7.99. The number of benzene rings is 1. The lowest BCUT2D eigenvalue weighted by atomic mass is 10.1. The topological polar surface area (TPSA) is 38.3 Å². The molecular weight excluding hydrogens is 277 g/mol. The zero-order chi connectivity index (χ0) is 14.5. The molecule has 5 heteroatoms. The summed E-state index contributed by atoms with van der Waals surface area (Å²) < 4.78 is 18.3. The Hall–Kier alpha value is -1.07. The van der Waals surface area contributed by atoms with Gasteiger partial charge in [-0.3, -0.25) is 0 Å². The van der Waals surface area contributed by atoms with Gasteiger partial charge in [0.25, 0.3) is 0 Å². The molecule has 0 aromatic heterocycles. The minimum atomic E-state index is -0.638. The summed E-state index contributed by atoms with van der Waals surface area (Å²) in [6.07, 6.45) is 5.74. The predicted molar refractivity (Wildman–Crippen MR) is 79.5 cm³/mol. The molecule has 0 radical (unpaired) electrons. The summed E-state index contributed by atoms with van der Waals surface area (Å²) in [7, 11) is 1.25. The molecule has 2 atom stereocenters. The summed E-state index contributed by atoms with van der Waals surface area (Å²) in [6.45, 7) is 0.629. The molecule has 1 N–H and O–H groups in total. The fourth-order valence-corrected chi connectivity index (χ4v) is 3.34. The molecule has 2 rings (SSSR count). The van der Waals surface area contributed by atoms with E-state index >= 15 is 0 Å². The SMILES string of the molecule is COC(=O)c1ccc(CNC2CCC(SC)C2)cc1F. The number of thioether (sulfide) groups is 1. The van der Waals surface area contributed by atoms with Crippen molar-refractivity contribution in [2.75, 3.05) is 13.4 Å². The van der Waals surface area contributed by atoms with Crippen molar-refractivity contribution < 1.29 is 13.9 Å². The van der Waals surface area contributed by atoms with E-state index in [0.29, 0.717) is 12.6 Å². The van der Waals surface area contributed by atoms with Gasteiger partial charge in [-0.05, 0) is 43.2 Å². The number of ether oxygens (including phenoxy) is 1. The summed E-state index contributed by atoms with van der Waals surface area (Å²) in [5.41, 5.74) is 0.835.